The molecular weight excluding hydrogens is 310 g/mol. The van der Waals surface area contributed by atoms with E-state index in [0.29, 0.717) is 4.88 Å². The summed E-state index contributed by atoms with van der Waals surface area (Å²) in [5, 5.41) is 10.0. The van der Waals surface area contributed by atoms with Crippen molar-refractivity contribution in [2.24, 2.45) is 11.8 Å². The molecule has 2 aromatic heterocycles. The van der Waals surface area contributed by atoms with Gasteiger partial charge in [-0.2, -0.15) is 0 Å². The van der Waals surface area contributed by atoms with Crippen LogP contribution in [-0.2, 0) is 6.54 Å². The fraction of sp³-hybridized carbons (Fsp3) is 0.529. The first-order valence-corrected chi connectivity index (χ1v) is 9.01. The van der Waals surface area contributed by atoms with Gasteiger partial charge in [0.2, 0.25) is 0 Å². The number of carbonyl (C=O) groups is 1. The first-order valence-electron chi connectivity index (χ1n) is 8.20. The van der Waals surface area contributed by atoms with Crippen LogP contribution in [0.15, 0.2) is 18.2 Å². The van der Waals surface area contributed by atoms with Gasteiger partial charge in [-0.25, -0.2) is 9.78 Å². The Morgan fingerprint density at radius 1 is 1.26 bits per heavy atom. The number of carboxylic acid groups (broad SMARTS) is 1. The molecule has 2 aliphatic rings. The molecule has 122 valence electrons. The largest absolute Gasteiger partial charge is 0.477 e. The zero-order chi connectivity index (χ0) is 16.0. The van der Waals surface area contributed by atoms with Crippen LogP contribution < -0.4 is 0 Å². The number of rotatable bonds is 4. The van der Waals surface area contributed by atoms with Crippen molar-refractivity contribution >= 4 is 27.5 Å². The molecule has 5 nitrogen and oxygen atoms in total. The average molecular weight is 331 g/mol. The molecule has 4 heterocycles. The minimum absolute atomic E-state index is 0.361. The van der Waals surface area contributed by atoms with E-state index >= 15 is 0 Å². The number of aromatic carboxylic acids is 1. The molecule has 0 amide bonds. The number of pyridine rings is 1. The average Bonchev–Trinajstić information content (AvgIpc) is 3.18. The Kier molecular flexibility index (Phi) is 3.83. The zero-order valence-electron chi connectivity index (χ0n) is 13.2. The van der Waals surface area contributed by atoms with Gasteiger partial charge in [0, 0.05) is 38.1 Å². The van der Waals surface area contributed by atoms with Crippen molar-refractivity contribution in [3.8, 4) is 0 Å². The van der Waals surface area contributed by atoms with Gasteiger partial charge < -0.3 is 10.0 Å². The maximum Gasteiger partial charge on any atom is 0.345 e. The molecule has 2 fully saturated rings. The van der Waals surface area contributed by atoms with E-state index in [0.717, 1.165) is 53.9 Å². The lowest BCUT2D eigenvalue weighted by Crippen LogP contribution is -2.28. The van der Waals surface area contributed by atoms with Gasteiger partial charge in [-0.15, -0.1) is 11.3 Å². The maximum atomic E-state index is 11.1. The van der Waals surface area contributed by atoms with Gasteiger partial charge in [-0.3, -0.25) is 4.90 Å². The van der Waals surface area contributed by atoms with E-state index in [1.807, 2.05) is 12.1 Å². The highest BCUT2D eigenvalue weighted by Crippen LogP contribution is 2.32. The van der Waals surface area contributed by atoms with Gasteiger partial charge >= 0.3 is 5.97 Å². The van der Waals surface area contributed by atoms with E-state index in [-0.39, 0.29) is 0 Å². The molecule has 2 atom stereocenters. The van der Waals surface area contributed by atoms with E-state index in [2.05, 4.69) is 21.7 Å². The van der Waals surface area contributed by atoms with Crippen LogP contribution in [0.4, 0.5) is 0 Å². The van der Waals surface area contributed by atoms with Gasteiger partial charge in [0.1, 0.15) is 9.71 Å². The minimum Gasteiger partial charge on any atom is -0.477 e. The van der Waals surface area contributed by atoms with E-state index in [4.69, 9.17) is 5.11 Å². The Labute approximate surface area is 139 Å². The van der Waals surface area contributed by atoms with Crippen molar-refractivity contribution in [2.45, 2.75) is 13.5 Å². The van der Waals surface area contributed by atoms with Crippen molar-refractivity contribution < 1.29 is 9.90 Å². The summed E-state index contributed by atoms with van der Waals surface area (Å²) in [6, 6.07) is 5.74. The highest BCUT2D eigenvalue weighted by molar-refractivity contribution is 7.20. The highest BCUT2D eigenvalue weighted by atomic mass is 32.1. The minimum atomic E-state index is -0.873. The third kappa shape index (κ3) is 2.86. The van der Waals surface area contributed by atoms with Gasteiger partial charge in [0.15, 0.2) is 0 Å². The summed E-state index contributed by atoms with van der Waals surface area (Å²) < 4.78 is 0. The number of thiophene rings is 1. The molecule has 4 rings (SSSR count). The van der Waals surface area contributed by atoms with Crippen molar-refractivity contribution in [2.75, 3.05) is 32.7 Å². The lowest BCUT2D eigenvalue weighted by molar-refractivity contribution is 0.0702. The predicted octanol–water partition coefficient (Wildman–Crippen LogP) is 2.38. The van der Waals surface area contributed by atoms with Crippen LogP contribution in [0.5, 0.6) is 0 Å². The summed E-state index contributed by atoms with van der Waals surface area (Å²) in [4.78, 5) is 22.0. The lowest BCUT2D eigenvalue weighted by atomic mass is 10.0. The van der Waals surface area contributed by atoms with Crippen LogP contribution in [0.3, 0.4) is 0 Å². The van der Waals surface area contributed by atoms with Crippen molar-refractivity contribution in [1.29, 1.82) is 0 Å². The molecule has 0 saturated carbocycles. The number of hydrogen-bond acceptors (Lipinski definition) is 5. The summed E-state index contributed by atoms with van der Waals surface area (Å²) >= 11 is 1.26. The topological polar surface area (TPSA) is 56.7 Å². The second-order valence-electron chi connectivity index (χ2n) is 6.68. The Bertz CT molecular complexity index is 731. The molecule has 0 aromatic carbocycles. The van der Waals surface area contributed by atoms with Crippen molar-refractivity contribution in [1.82, 2.24) is 14.8 Å². The van der Waals surface area contributed by atoms with E-state index in [9.17, 15) is 4.79 Å². The Morgan fingerprint density at radius 3 is 2.61 bits per heavy atom. The van der Waals surface area contributed by atoms with Crippen LogP contribution in [0.25, 0.3) is 10.2 Å². The lowest BCUT2D eigenvalue weighted by Gasteiger charge is -2.19. The Balaban J connectivity index is 1.45. The number of carboxylic acids is 1. The summed E-state index contributed by atoms with van der Waals surface area (Å²) in [7, 11) is 0. The SMILES string of the molecule is CCN1C[C@@H]2CN(Cc3ccc4cc(C(=O)O)sc4n3)C[C@@H]2C1. The number of likely N-dealkylation sites (tertiary alicyclic amines) is 2. The summed E-state index contributed by atoms with van der Waals surface area (Å²) in [6.45, 7) is 9.06. The zero-order valence-corrected chi connectivity index (χ0v) is 14.1. The van der Waals surface area contributed by atoms with E-state index < -0.39 is 5.97 Å². The van der Waals surface area contributed by atoms with Gasteiger partial charge in [0.25, 0.3) is 0 Å². The molecule has 2 saturated heterocycles. The molecule has 0 unspecified atom stereocenters. The van der Waals surface area contributed by atoms with E-state index in [1.165, 1.54) is 24.4 Å². The van der Waals surface area contributed by atoms with E-state index in [1.54, 1.807) is 6.07 Å². The van der Waals surface area contributed by atoms with Gasteiger partial charge in [-0.1, -0.05) is 13.0 Å². The molecule has 0 bridgehead atoms. The Morgan fingerprint density at radius 2 is 1.96 bits per heavy atom. The number of nitrogens with zero attached hydrogens (tertiary/aromatic N) is 3. The first-order chi connectivity index (χ1) is 11.1. The molecule has 0 radical (unpaired) electrons. The third-order valence-electron chi connectivity index (χ3n) is 5.12. The highest BCUT2D eigenvalue weighted by Gasteiger charge is 2.39. The predicted molar refractivity (Wildman–Crippen MR) is 91.0 cm³/mol. The third-order valence-corrected chi connectivity index (χ3v) is 6.15. The smallest absolute Gasteiger partial charge is 0.345 e. The monoisotopic (exact) mass is 331 g/mol. The number of hydrogen-bond donors (Lipinski definition) is 1. The molecule has 6 heteroatoms. The quantitative estimate of drug-likeness (QED) is 0.932. The van der Waals surface area contributed by atoms with Gasteiger partial charge in [0.05, 0.1) is 5.69 Å². The molecule has 1 N–H and O–H groups in total. The fourth-order valence-electron chi connectivity index (χ4n) is 3.95. The molecule has 0 spiro atoms. The normalized spacial score (nSPS) is 25.3. The standard InChI is InChI=1S/C17H21N3O2S/c1-2-19-6-12-8-20(9-13(12)7-19)10-14-4-3-11-5-15(17(21)22)23-16(11)18-14/h3-5,12-13H,2,6-10H2,1H3,(H,21,22)/t12-,13+. The molecular formula is C17H21N3O2S. The first kappa shape index (κ1) is 15.1. The second kappa shape index (κ2) is 5.85. The van der Waals surface area contributed by atoms with Crippen LogP contribution in [0.2, 0.25) is 0 Å². The molecule has 23 heavy (non-hydrogen) atoms. The molecule has 0 aliphatic carbocycles. The van der Waals surface area contributed by atoms with Crippen LogP contribution >= 0.6 is 11.3 Å². The molecule has 2 aromatic rings. The Hall–Kier alpha value is -1.50. The van der Waals surface area contributed by atoms with Gasteiger partial charge in [-0.05, 0) is 30.5 Å². The fourth-order valence-corrected chi connectivity index (χ4v) is 4.84. The summed E-state index contributed by atoms with van der Waals surface area (Å²) in [6.07, 6.45) is 0. The summed E-state index contributed by atoms with van der Waals surface area (Å²) in [5.41, 5.74) is 1.05. The van der Waals surface area contributed by atoms with Crippen molar-refractivity contribution in [3.05, 3.63) is 28.8 Å². The van der Waals surface area contributed by atoms with Crippen LogP contribution in [-0.4, -0.2) is 58.6 Å². The summed E-state index contributed by atoms with van der Waals surface area (Å²) in [5.74, 6) is 0.737. The van der Waals surface area contributed by atoms with Crippen LogP contribution in [0.1, 0.15) is 22.3 Å². The number of aromatic nitrogens is 1. The van der Waals surface area contributed by atoms with Crippen molar-refractivity contribution in [3.63, 3.8) is 0 Å². The molecule has 2 aliphatic heterocycles. The maximum absolute atomic E-state index is 11.1. The van der Waals surface area contributed by atoms with Crippen LogP contribution in [0, 0.1) is 11.8 Å². The number of fused-ring (bicyclic) bond motifs is 2. The second-order valence-corrected chi connectivity index (χ2v) is 7.71.